The summed E-state index contributed by atoms with van der Waals surface area (Å²) in [5.41, 5.74) is 0.811. The maximum absolute atomic E-state index is 11.9. The van der Waals surface area contributed by atoms with E-state index in [0.29, 0.717) is 18.8 Å². The molecule has 0 bridgehead atoms. The third-order valence-corrected chi connectivity index (χ3v) is 3.18. The second kappa shape index (κ2) is 6.78. The van der Waals surface area contributed by atoms with E-state index in [1.807, 2.05) is 23.1 Å². The first-order valence-electron chi connectivity index (χ1n) is 6.75. The number of rotatable bonds is 5. The van der Waals surface area contributed by atoms with E-state index in [2.05, 4.69) is 17.2 Å². The van der Waals surface area contributed by atoms with E-state index < -0.39 is 6.10 Å². The smallest absolute Gasteiger partial charge is 0.262 e. The highest BCUT2D eigenvalue weighted by molar-refractivity contribution is 5.86. The summed E-state index contributed by atoms with van der Waals surface area (Å²) in [6.07, 6.45) is 0.996. The predicted octanol–water partition coefficient (Wildman–Crippen LogP) is 0.302. The molecule has 0 saturated heterocycles. The van der Waals surface area contributed by atoms with E-state index in [-0.39, 0.29) is 18.4 Å². The van der Waals surface area contributed by atoms with E-state index in [9.17, 15) is 9.59 Å². The van der Waals surface area contributed by atoms with Crippen LogP contribution in [0.3, 0.4) is 0 Å². The van der Waals surface area contributed by atoms with E-state index in [4.69, 9.17) is 4.74 Å². The van der Waals surface area contributed by atoms with Crippen molar-refractivity contribution in [2.75, 3.05) is 31.6 Å². The number of benzene rings is 1. The lowest BCUT2D eigenvalue weighted by atomic mass is 10.1. The van der Waals surface area contributed by atoms with Gasteiger partial charge in [0.15, 0.2) is 6.10 Å². The van der Waals surface area contributed by atoms with Crippen LogP contribution >= 0.6 is 0 Å². The van der Waals surface area contributed by atoms with Gasteiger partial charge in [-0.25, -0.2) is 0 Å². The standard InChI is InChI=1S/C15H19N3O3/c1-3-8-17-14(19)10-18-9-13(15(20)16-2)21-12-7-5-4-6-11(12)18/h3-7,13H,1,8-10H2,2H3,(H,16,20)(H,17,19)/t13-/m0/s1. The van der Waals surface area contributed by atoms with Crippen LogP contribution < -0.4 is 20.3 Å². The van der Waals surface area contributed by atoms with Gasteiger partial charge in [-0.2, -0.15) is 0 Å². The quantitative estimate of drug-likeness (QED) is 0.765. The average molecular weight is 289 g/mol. The summed E-state index contributed by atoms with van der Waals surface area (Å²) in [4.78, 5) is 25.5. The second-order valence-electron chi connectivity index (χ2n) is 4.66. The van der Waals surface area contributed by atoms with Crippen molar-refractivity contribution >= 4 is 17.5 Å². The van der Waals surface area contributed by atoms with Gasteiger partial charge >= 0.3 is 0 Å². The van der Waals surface area contributed by atoms with Crippen molar-refractivity contribution in [3.63, 3.8) is 0 Å². The number of carbonyl (C=O) groups excluding carboxylic acids is 2. The minimum atomic E-state index is -0.628. The van der Waals surface area contributed by atoms with Crippen LogP contribution in [0, 0.1) is 0 Å². The molecule has 1 aliphatic heterocycles. The maximum Gasteiger partial charge on any atom is 0.262 e. The molecule has 2 rings (SSSR count). The molecule has 0 aromatic heterocycles. The first-order chi connectivity index (χ1) is 10.2. The normalized spacial score (nSPS) is 16.4. The minimum absolute atomic E-state index is 0.123. The van der Waals surface area contributed by atoms with Crippen molar-refractivity contribution < 1.29 is 14.3 Å². The highest BCUT2D eigenvalue weighted by atomic mass is 16.5. The molecule has 1 aromatic rings. The molecule has 0 aliphatic carbocycles. The van der Waals surface area contributed by atoms with Crippen molar-refractivity contribution in [2.45, 2.75) is 6.10 Å². The highest BCUT2D eigenvalue weighted by Gasteiger charge is 2.30. The lowest BCUT2D eigenvalue weighted by Gasteiger charge is -2.34. The molecule has 1 aromatic carbocycles. The zero-order chi connectivity index (χ0) is 15.2. The number of ether oxygens (including phenoxy) is 1. The van der Waals surface area contributed by atoms with Gasteiger partial charge in [0.05, 0.1) is 18.8 Å². The molecule has 0 fully saturated rings. The molecule has 1 heterocycles. The van der Waals surface area contributed by atoms with Gasteiger partial charge in [-0.1, -0.05) is 18.2 Å². The number of para-hydroxylation sites is 2. The Balaban J connectivity index is 2.16. The lowest BCUT2D eigenvalue weighted by Crippen LogP contribution is -2.50. The fourth-order valence-corrected chi connectivity index (χ4v) is 2.17. The van der Waals surface area contributed by atoms with Gasteiger partial charge in [-0.05, 0) is 12.1 Å². The Bertz CT molecular complexity index is 545. The number of amides is 2. The SMILES string of the molecule is C=CCNC(=O)CN1C[C@@H](C(=O)NC)Oc2ccccc21. The zero-order valence-electron chi connectivity index (χ0n) is 12.0. The van der Waals surface area contributed by atoms with Gasteiger partial charge in [-0.3, -0.25) is 9.59 Å². The Hall–Kier alpha value is -2.50. The highest BCUT2D eigenvalue weighted by Crippen LogP contribution is 2.32. The molecule has 1 aliphatic rings. The molecule has 6 heteroatoms. The van der Waals surface area contributed by atoms with Gasteiger partial charge < -0.3 is 20.3 Å². The molecule has 0 saturated carbocycles. The van der Waals surface area contributed by atoms with Gasteiger partial charge in [0.2, 0.25) is 5.91 Å². The van der Waals surface area contributed by atoms with E-state index in [1.54, 1.807) is 19.2 Å². The summed E-state index contributed by atoms with van der Waals surface area (Å²) in [6.45, 7) is 4.48. The van der Waals surface area contributed by atoms with Crippen LogP contribution in [-0.4, -0.2) is 44.6 Å². The number of nitrogens with zero attached hydrogens (tertiary/aromatic N) is 1. The molecule has 2 N–H and O–H groups in total. The average Bonchev–Trinajstić information content (AvgIpc) is 2.52. The van der Waals surface area contributed by atoms with E-state index in [0.717, 1.165) is 5.69 Å². The zero-order valence-corrected chi connectivity index (χ0v) is 12.0. The summed E-state index contributed by atoms with van der Waals surface area (Å²) in [5, 5.41) is 5.30. The number of nitrogens with one attached hydrogen (secondary N) is 2. The van der Waals surface area contributed by atoms with Crippen molar-refractivity contribution in [2.24, 2.45) is 0 Å². The Morgan fingerprint density at radius 2 is 2.24 bits per heavy atom. The van der Waals surface area contributed by atoms with Crippen LogP contribution in [0.4, 0.5) is 5.69 Å². The van der Waals surface area contributed by atoms with Crippen molar-refractivity contribution in [1.82, 2.24) is 10.6 Å². The first kappa shape index (κ1) is 14.9. The number of anilines is 1. The van der Waals surface area contributed by atoms with Crippen molar-refractivity contribution in [3.8, 4) is 5.75 Å². The van der Waals surface area contributed by atoms with Crippen LogP contribution in [0.25, 0.3) is 0 Å². The molecule has 21 heavy (non-hydrogen) atoms. The number of likely N-dealkylation sites (N-methyl/N-ethyl adjacent to an activating group) is 1. The maximum atomic E-state index is 11.9. The second-order valence-corrected chi connectivity index (χ2v) is 4.66. The Morgan fingerprint density at radius 3 is 2.95 bits per heavy atom. The van der Waals surface area contributed by atoms with Crippen molar-refractivity contribution in [3.05, 3.63) is 36.9 Å². The number of hydrogen-bond acceptors (Lipinski definition) is 4. The third-order valence-electron chi connectivity index (χ3n) is 3.18. The predicted molar refractivity (Wildman–Crippen MR) is 80.3 cm³/mol. The van der Waals surface area contributed by atoms with Gasteiger partial charge in [0.25, 0.3) is 5.91 Å². The van der Waals surface area contributed by atoms with Gasteiger partial charge in [0.1, 0.15) is 5.75 Å². The van der Waals surface area contributed by atoms with E-state index >= 15 is 0 Å². The molecule has 0 radical (unpaired) electrons. The molecular formula is C15H19N3O3. The van der Waals surface area contributed by atoms with Crippen LogP contribution in [0.1, 0.15) is 0 Å². The summed E-state index contributed by atoms with van der Waals surface area (Å²) in [7, 11) is 1.56. The molecule has 2 amide bonds. The summed E-state index contributed by atoms with van der Waals surface area (Å²) < 4.78 is 5.68. The molecule has 6 nitrogen and oxygen atoms in total. The molecule has 0 unspecified atom stereocenters. The summed E-state index contributed by atoms with van der Waals surface area (Å²) >= 11 is 0. The molecule has 112 valence electrons. The first-order valence-corrected chi connectivity index (χ1v) is 6.75. The van der Waals surface area contributed by atoms with Crippen LogP contribution in [0.15, 0.2) is 36.9 Å². The fourth-order valence-electron chi connectivity index (χ4n) is 2.17. The number of carbonyl (C=O) groups is 2. The third kappa shape index (κ3) is 3.53. The van der Waals surface area contributed by atoms with Crippen molar-refractivity contribution in [1.29, 1.82) is 0 Å². The van der Waals surface area contributed by atoms with Crippen LogP contribution in [0.5, 0.6) is 5.75 Å². The monoisotopic (exact) mass is 289 g/mol. The number of hydrogen-bond donors (Lipinski definition) is 2. The van der Waals surface area contributed by atoms with Crippen LogP contribution in [0.2, 0.25) is 0 Å². The fraction of sp³-hybridized carbons (Fsp3) is 0.333. The largest absolute Gasteiger partial charge is 0.477 e. The molecule has 0 spiro atoms. The molecular weight excluding hydrogens is 270 g/mol. The Morgan fingerprint density at radius 1 is 1.48 bits per heavy atom. The summed E-state index contributed by atoms with van der Waals surface area (Å²) in [6, 6.07) is 7.37. The Labute approximate surface area is 123 Å². The topological polar surface area (TPSA) is 70.7 Å². The number of fused-ring (bicyclic) bond motifs is 1. The van der Waals surface area contributed by atoms with E-state index in [1.165, 1.54) is 0 Å². The lowest BCUT2D eigenvalue weighted by molar-refractivity contribution is -0.127. The Kier molecular flexibility index (Phi) is 4.81. The van der Waals surface area contributed by atoms with Gasteiger partial charge in [0, 0.05) is 13.6 Å². The van der Waals surface area contributed by atoms with Gasteiger partial charge in [-0.15, -0.1) is 6.58 Å². The minimum Gasteiger partial charge on any atom is -0.477 e. The summed E-state index contributed by atoms with van der Waals surface area (Å²) in [5.74, 6) is 0.275. The van der Waals surface area contributed by atoms with Crippen LogP contribution in [-0.2, 0) is 9.59 Å². The molecule has 1 atom stereocenters.